The minimum Gasteiger partial charge on any atom is -0.481 e. The first kappa shape index (κ1) is 8.26. The van der Waals surface area contributed by atoms with Crippen molar-refractivity contribution in [3.63, 3.8) is 0 Å². The highest BCUT2D eigenvalue weighted by atomic mass is 32.1. The smallest absolute Gasteiger partial charge is 0.212 e. The largest absolute Gasteiger partial charge is 0.481 e. The van der Waals surface area contributed by atoms with Crippen LogP contribution < -0.4 is 4.74 Å². The van der Waals surface area contributed by atoms with Crippen LogP contribution in [0.2, 0.25) is 0 Å². The number of methoxy groups -OCH3 is 1. The molecule has 13 heavy (non-hydrogen) atoms. The molecule has 0 spiro atoms. The molecule has 66 valence electrons. The average molecular weight is 191 g/mol. The topological polar surface area (TPSA) is 22.1 Å². The van der Waals surface area contributed by atoms with Crippen LogP contribution in [0, 0.1) is 0 Å². The molecule has 0 aliphatic carbocycles. The SMILES string of the molecule is COc1ccc(-c2cccs2)cn1. The third-order valence-electron chi connectivity index (χ3n) is 1.75. The van der Waals surface area contributed by atoms with E-state index in [1.165, 1.54) is 4.88 Å². The van der Waals surface area contributed by atoms with Gasteiger partial charge in [0.05, 0.1) is 7.11 Å². The summed E-state index contributed by atoms with van der Waals surface area (Å²) in [6.45, 7) is 0. The lowest BCUT2D eigenvalue weighted by Gasteiger charge is -1.99. The standard InChI is InChI=1S/C10H9NOS/c1-12-10-5-4-8(7-11-10)9-3-2-6-13-9/h2-7H,1H3. The fraction of sp³-hybridized carbons (Fsp3) is 0.100. The first-order valence-corrected chi connectivity index (χ1v) is 4.82. The first-order chi connectivity index (χ1) is 6.40. The van der Waals surface area contributed by atoms with E-state index in [1.54, 1.807) is 18.4 Å². The molecule has 2 nitrogen and oxygen atoms in total. The molecular weight excluding hydrogens is 182 g/mol. The van der Waals surface area contributed by atoms with E-state index < -0.39 is 0 Å². The molecular formula is C10H9NOS. The van der Waals surface area contributed by atoms with Crippen LogP contribution in [0.25, 0.3) is 10.4 Å². The summed E-state index contributed by atoms with van der Waals surface area (Å²) in [5.41, 5.74) is 1.14. The molecule has 0 bridgehead atoms. The van der Waals surface area contributed by atoms with E-state index in [9.17, 15) is 0 Å². The Morgan fingerprint density at radius 1 is 1.31 bits per heavy atom. The number of ether oxygens (including phenoxy) is 1. The van der Waals surface area contributed by atoms with Gasteiger partial charge in [-0.1, -0.05) is 6.07 Å². The Bertz CT molecular complexity index is 366. The van der Waals surface area contributed by atoms with Gasteiger partial charge in [0, 0.05) is 22.7 Å². The lowest BCUT2D eigenvalue weighted by molar-refractivity contribution is 0.398. The maximum Gasteiger partial charge on any atom is 0.212 e. The highest BCUT2D eigenvalue weighted by molar-refractivity contribution is 7.13. The normalized spacial score (nSPS) is 9.92. The maximum absolute atomic E-state index is 4.98. The van der Waals surface area contributed by atoms with E-state index in [1.807, 2.05) is 24.4 Å². The molecule has 0 atom stereocenters. The van der Waals surface area contributed by atoms with Crippen molar-refractivity contribution in [2.75, 3.05) is 7.11 Å². The Morgan fingerprint density at radius 2 is 2.23 bits per heavy atom. The van der Waals surface area contributed by atoms with Gasteiger partial charge in [0.1, 0.15) is 0 Å². The molecule has 2 heterocycles. The molecule has 2 aromatic rings. The molecule has 0 aliphatic rings. The van der Waals surface area contributed by atoms with Gasteiger partial charge in [0.25, 0.3) is 0 Å². The molecule has 3 heteroatoms. The van der Waals surface area contributed by atoms with Gasteiger partial charge in [-0.2, -0.15) is 0 Å². The molecule has 0 fully saturated rings. The number of aromatic nitrogens is 1. The zero-order valence-electron chi connectivity index (χ0n) is 7.23. The van der Waals surface area contributed by atoms with Gasteiger partial charge in [-0.05, 0) is 17.5 Å². The quantitative estimate of drug-likeness (QED) is 0.728. The fourth-order valence-electron chi connectivity index (χ4n) is 1.09. The van der Waals surface area contributed by atoms with Gasteiger partial charge < -0.3 is 4.74 Å². The highest BCUT2D eigenvalue weighted by Crippen LogP contribution is 2.24. The van der Waals surface area contributed by atoms with E-state index in [-0.39, 0.29) is 0 Å². The fourth-order valence-corrected chi connectivity index (χ4v) is 1.81. The number of rotatable bonds is 2. The predicted octanol–water partition coefficient (Wildman–Crippen LogP) is 2.82. The van der Waals surface area contributed by atoms with Gasteiger partial charge in [0.2, 0.25) is 5.88 Å². The van der Waals surface area contributed by atoms with Crippen LogP contribution in [0.3, 0.4) is 0 Å². The average Bonchev–Trinajstić information content (AvgIpc) is 2.71. The number of hydrogen-bond donors (Lipinski definition) is 0. The summed E-state index contributed by atoms with van der Waals surface area (Å²) in [6, 6.07) is 7.99. The second-order valence-electron chi connectivity index (χ2n) is 2.57. The van der Waals surface area contributed by atoms with Gasteiger partial charge >= 0.3 is 0 Å². The summed E-state index contributed by atoms with van der Waals surface area (Å²) in [5, 5.41) is 2.06. The predicted molar refractivity (Wildman–Crippen MR) is 54.1 cm³/mol. The van der Waals surface area contributed by atoms with Crippen LogP contribution in [0.15, 0.2) is 35.8 Å². The van der Waals surface area contributed by atoms with Crippen LogP contribution in [-0.4, -0.2) is 12.1 Å². The summed E-state index contributed by atoms with van der Waals surface area (Å²) in [7, 11) is 1.62. The maximum atomic E-state index is 4.98. The molecule has 2 rings (SSSR count). The molecule has 0 aliphatic heterocycles. The number of nitrogens with zero attached hydrogens (tertiary/aromatic N) is 1. The number of pyridine rings is 1. The Labute approximate surface area is 80.8 Å². The molecule has 0 unspecified atom stereocenters. The van der Waals surface area contributed by atoms with Gasteiger partial charge in [-0.25, -0.2) is 4.98 Å². The molecule has 0 saturated heterocycles. The van der Waals surface area contributed by atoms with Crippen molar-refractivity contribution in [1.82, 2.24) is 4.98 Å². The lowest BCUT2D eigenvalue weighted by atomic mass is 10.2. The third kappa shape index (κ3) is 1.70. The Balaban J connectivity index is 2.33. The summed E-state index contributed by atoms with van der Waals surface area (Å²) < 4.78 is 4.98. The van der Waals surface area contributed by atoms with Crippen LogP contribution >= 0.6 is 11.3 Å². The minimum absolute atomic E-state index is 0.653. The van der Waals surface area contributed by atoms with E-state index in [0.29, 0.717) is 5.88 Å². The Hall–Kier alpha value is -1.35. The van der Waals surface area contributed by atoms with Crippen LogP contribution in [0.5, 0.6) is 5.88 Å². The Kier molecular flexibility index (Phi) is 2.27. The van der Waals surface area contributed by atoms with Crippen LogP contribution in [-0.2, 0) is 0 Å². The summed E-state index contributed by atoms with van der Waals surface area (Å²) in [4.78, 5) is 5.37. The monoisotopic (exact) mass is 191 g/mol. The zero-order valence-corrected chi connectivity index (χ0v) is 8.04. The summed E-state index contributed by atoms with van der Waals surface area (Å²) >= 11 is 1.71. The molecule has 0 radical (unpaired) electrons. The zero-order chi connectivity index (χ0) is 9.10. The first-order valence-electron chi connectivity index (χ1n) is 3.94. The molecule has 0 aromatic carbocycles. The van der Waals surface area contributed by atoms with Crippen molar-refractivity contribution in [1.29, 1.82) is 0 Å². The molecule has 0 amide bonds. The van der Waals surface area contributed by atoms with Crippen LogP contribution in [0.4, 0.5) is 0 Å². The van der Waals surface area contributed by atoms with Gasteiger partial charge in [0.15, 0.2) is 0 Å². The van der Waals surface area contributed by atoms with E-state index in [4.69, 9.17) is 4.74 Å². The molecule has 0 saturated carbocycles. The van der Waals surface area contributed by atoms with Crippen molar-refractivity contribution < 1.29 is 4.74 Å². The highest BCUT2D eigenvalue weighted by Gasteiger charge is 1.98. The third-order valence-corrected chi connectivity index (χ3v) is 2.67. The van der Waals surface area contributed by atoms with E-state index >= 15 is 0 Å². The summed E-state index contributed by atoms with van der Waals surface area (Å²) in [6.07, 6.45) is 1.82. The van der Waals surface area contributed by atoms with E-state index in [2.05, 4.69) is 16.4 Å². The minimum atomic E-state index is 0.653. The van der Waals surface area contributed by atoms with Gasteiger partial charge in [-0.3, -0.25) is 0 Å². The van der Waals surface area contributed by atoms with Crippen LogP contribution in [0.1, 0.15) is 0 Å². The van der Waals surface area contributed by atoms with Gasteiger partial charge in [-0.15, -0.1) is 11.3 Å². The van der Waals surface area contributed by atoms with E-state index in [0.717, 1.165) is 5.56 Å². The van der Waals surface area contributed by atoms with Crippen molar-refractivity contribution >= 4 is 11.3 Å². The number of thiophene rings is 1. The van der Waals surface area contributed by atoms with Crippen molar-refractivity contribution in [3.8, 4) is 16.3 Å². The Morgan fingerprint density at radius 3 is 2.77 bits per heavy atom. The second kappa shape index (κ2) is 3.58. The second-order valence-corrected chi connectivity index (χ2v) is 3.51. The number of hydrogen-bond acceptors (Lipinski definition) is 3. The summed E-state index contributed by atoms with van der Waals surface area (Å²) in [5.74, 6) is 0.653. The lowest BCUT2D eigenvalue weighted by Crippen LogP contribution is -1.85. The molecule has 0 N–H and O–H groups in total. The molecule has 2 aromatic heterocycles. The van der Waals surface area contributed by atoms with Crippen molar-refractivity contribution in [2.45, 2.75) is 0 Å². The van der Waals surface area contributed by atoms with Crippen molar-refractivity contribution in [3.05, 3.63) is 35.8 Å². The van der Waals surface area contributed by atoms with Crippen molar-refractivity contribution in [2.24, 2.45) is 0 Å².